The summed E-state index contributed by atoms with van der Waals surface area (Å²) in [5.74, 6) is 5.93. The van der Waals surface area contributed by atoms with Crippen molar-refractivity contribution < 1.29 is 4.79 Å². The Hall–Kier alpha value is -0.810. The molecule has 0 aliphatic carbocycles. The van der Waals surface area contributed by atoms with Crippen LogP contribution >= 0.6 is 0 Å². The molecule has 0 amide bonds. The molecule has 1 atom stereocenters. The Morgan fingerprint density at radius 1 is 1.50 bits per heavy atom. The maximum atomic E-state index is 11.2. The first-order valence-corrected chi connectivity index (χ1v) is 4.25. The lowest BCUT2D eigenvalue weighted by Gasteiger charge is -2.10. The average Bonchev–Trinajstić information content (AvgIpc) is 1.98. The molecule has 0 saturated carbocycles. The van der Waals surface area contributed by atoms with Crippen LogP contribution in [-0.4, -0.2) is 11.8 Å². The van der Waals surface area contributed by atoms with Crippen molar-refractivity contribution in [3.63, 3.8) is 0 Å². The van der Waals surface area contributed by atoms with Crippen LogP contribution in [0.2, 0.25) is 0 Å². The number of ketones is 1. The zero-order valence-corrected chi connectivity index (χ0v) is 8.05. The van der Waals surface area contributed by atoms with Crippen molar-refractivity contribution in [1.82, 2.24) is 0 Å². The van der Waals surface area contributed by atoms with Gasteiger partial charge in [0.1, 0.15) is 0 Å². The molecule has 0 radical (unpaired) electrons. The van der Waals surface area contributed by atoms with Gasteiger partial charge in [0.2, 0.25) is 0 Å². The normalized spacial score (nSPS) is 12.1. The summed E-state index contributed by atoms with van der Waals surface area (Å²) in [6.07, 6.45) is 1.05. The second-order valence-electron chi connectivity index (χ2n) is 3.31. The van der Waals surface area contributed by atoms with E-state index >= 15 is 0 Å². The van der Waals surface area contributed by atoms with Crippen molar-refractivity contribution in [2.45, 2.75) is 39.7 Å². The Kier molecular flexibility index (Phi) is 5.40. The molecule has 0 aromatic heterocycles. The fourth-order valence-corrected chi connectivity index (χ4v) is 0.946. The molecule has 2 nitrogen and oxygen atoms in total. The summed E-state index contributed by atoms with van der Waals surface area (Å²) in [6, 6.07) is -0.328. The smallest absolute Gasteiger partial charge is 0.161 e. The number of hydrogen-bond acceptors (Lipinski definition) is 2. The minimum absolute atomic E-state index is 0.0538. The van der Waals surface area contributed by atoms with Crippen LogP contribution in [0.5, 0.6) is 0 Å². The van der Waals surface area contributed by atoms with Gasteiger partial charge in [-0.05, 0) is 19.3 Å². The summed E-state index contributed by atoms with van der Waals surface area (Å²) in [5, 5.41) is 0. The molecule has 1 unspecified atom stereocenters. The molecule has 0 aliphatic heterocycles. The Morgan fingerprint density at radius 3 is 2.50 bits per heavy atom. The highest BCUT2D eigenvalue weighted by Gasteiger charge is 2.12. The van der Waals surface area contributed by atoms with E-state index in [2.05, 4.69) is 25.7 Å². The van der Waals surface area contributed by atoms with Gasteiger partial charge < -0.3 is 5.73 Å². The maximum Gasteiger partial charge on any atom is 0.161 e. The maximum absolute atomic E-state index is 11.2. The first kappa shape index (κ1) is 11.2. The van der Waals surface area contributed by atoms with Crippen molar-refractivity contribution in [1.29, 1.82) is 0 Å². The van der Waals surface area contributed by atoms with Crippen LogP contribution in [0.1, 0.15) is 33.6 Å². The van der Waals surface area contributed by atoms with E-state index in [1.165, 1.54) is 0 Å². The van der Waals surface area contributed by atoms with Crippen molar-refractivity contribution >= 4 is 5.78 Å². The van der Waals surface area contributed by atoms with Crippen molar-refractivity contribution in [2.75, 3.05) is 0 Å². The van der Waals surface area contributed by atoms with Gasteiger partial charge in [0.05, 0.1) is 12.5 Å². The first-order chi connectivity index (χ1) is 5.57. The molecule has 0 rings (SSSR count). The molecular weight excluding hydrogens is 150 g/mol. The van der Waals surface area contributed by atoms with E-state index in [9.17, 15) is 4.79 Å². The van der Waals surface area contributed by atoms with Gasteiger partial charge in [-0.3, -0.25) is 4.79 Å². The molecule has 0 aliphatic rings. The zero-order valence-electron chi connectivity index (χ0n) is 8.05. The van der Waals surface area contributed by atoms with Crippen LogP contribution in [0.4, 0.5) is 0 Å². The van der Waals surface area contributed by atoms with Crippen molar-refractivity contribution in [3.05, 3.63) is 0 Å². The molecule has 0 saturated heterocycles. The highest BCUT2D eigenvalue weighted by atomic mass is 16.1. The van der Waals surface area contributed by atoms with E-state index in [1.54, 1.807) is 6.92 Å². The van der Waals surface area contributed by atoms with Gasteiger partial charge in [-0.15, -0.1) is 5.92 Å². The third kappa shape index (κ3) is 4.92. The Balaban J connectivity index is 3.82. The van der Waals surface area contributed by atoms with Gasteiger partial charge in [0, 0.05) is 0 Å². The largest absolute Gasteiger partial charge is 0.321 e. The fourth-order valence-electron chi connectivity index (χ4n) is 0.946. The van der Waals surface area contributed by atoms with Crippen LogP contribution in [0.15, 0.2) is 0 Å². The minimum Gasteiger partial charge on any atom is -0.321 e. The van der Waals surface area contributed by atoms with E-state index in [4.69, 9.17) is 5.73 Å². The molecule has 12 heavy (non-hydrogen) atoms. The van der Waals surface area contributed by atoms with Gasteiger partial charge in [-0.25, -0.2) is 0 Å². The summed E-state index contributed by atoms with van der Waals surface area (Å²) in [7, 11) is 0. The topological polar surface area (TPSA) is 43.1 Å². The van der Waals surface area contributed by atoms with Crippen molar-refractivity contribution in [3.8, 4) is 11.8 Å². The number of rotatable bonds is 4. The third-order valence-corrected chi connectivity index (χ3v) is 1.58. The lowest BCUT2D eigenvalue weighted by atomic mass is 10.00. The highest BCUT2D eigenvalue weighted by molar-refractivity contribution is 5.85. The van der Waals surface area contributed by atoms with E-state index in [-0.39, 0.29) is 11.8 Å². The Labute approximate surface area is 74.5 Å². The molecule has 0 spiro atoms. The van der Waals surface area contributed by atoms with Crippen LogP contribution in [0.25, 0.3) is 0 Å². The molecule has 0 heterocycles. The monoisotopic (exact) mass is 167 g/mol. The number of Topliss-reactive ketones (excluding diaryl/α,β-unsaturated/α-hetero) is 1. The van der Waals surface area contributed by atoms with E-state index in [0.29, 0.717) is 12.3 Å². The molecule has 68 valence electrons. The minimum atomic E-state index is -0.328. The Morgan fingerprint density at radius 2 is 2.08 bits per heavy atom. The van der Waals surface area contributed by atoms with Crippen LogP contribution in [0.3, 0.4) is 0 Å². The molecule has 2 N–H and O–H groups in total. The lowest BCUT2D eigenvalue weighted by molar-refractivity contribution is -0.119. The molecule has 0 aromatic carbocycles. The van der Waals surface area contributed by atoms with Gasteiger partial charge in [-0.2, -0.15) is 0 Å². The summed E-state index contributed by atoms with van der Waals surface area (Å²) in [5.41, 5.74) is 5.64. The first-order valence-electron chi connectivity index (χ1n) is 4.25. The van der Waals surface area contributed by atoms with E-state index in [0.717, 1.165) is 6.42 Å². The number of hydrogen-bond donors (Lipinski definition) is 1. The molecular formula is C10H17NO. The third-order valence-electron chi connectivity index (χ3n) is 1.58. The second-order valence-corrected chi connectivity index (χ2v) is 3.31. The van der Waals surface area contributed by atoms with Crippen LogP contribution in [0, 0.1) is 17.8 Å². The summed E-state index contributed by atoms with van der Waals surface area (Å²) in [4.78, 5) is 11.2. The van der Waals surface area contributed by atoms with Gasteiger partial charge >= 0.3 is 0 Å². The predicted molar refractivity (Wildman–Crippen MR) is 50.5 cm³/mol. The lowest BCUT2D eigenvalue weighted by Crippen LogP contribution is -2.31. The van der Waals surface area contributed by atoms with E-state index < -0.39 is 0 Å². The summed E-state index contributed by atoms with van der Waals surface area (Å²) in [6.45, 7) is 5.83. The molecule has 0 aromatic rings. The highest BCUT2D eigenvalue weighted by Crippen LogP contribution is 2.04. The summed E-state index contributed by atoms with van der Waals surface area (Å²) < 4.78 is 0. The SMILES string of the molecule is CC#CCC(=O)C(N)CC(C)C. The molecule has 0 bridgehead atoms. The molecule has 2 heteroatoms. The van der Waals surface area contributed by atoms with Crippen LogP contribution < -0.4 is 5.73 Å². The van der Waals surface area contributed by atoms with Gasteiger partial charge in [0.15, 0.2) is 5.78 Å². The van der Waals surface area contributed by atoms with Gasteiger partial charge in [-0.1, -0.05) is 19.8 Å². The zero-order chi connectivity index (χ0) is 9.56. The van der Waals surface area contributed by atoms with Crippen LogP contribution in [-0.2, 0) is 4.79 Å². The predicted octanol–water partition coefficient (Wildman–Crippen LogP) is 1.34. The summed E-state index contributed by atoms with van der Waals surface area (Å²) >= 11 is 0. The average molecular weight is 167 g/mol. The number of carbonyl (C=O) groups excluding carboxylic acids is 1. The Bertz CT molecular complexity index is 198. The fraction of sp³-hybridized carbons (Fsp3) is 0.700. The second kappa shape index (κ2) is 5.79. The van der Waals surface area contributed by atoms with Crippen molar-refractivity contribution in [2.24, 2.45) is 11.7 Å². The number of nitrogens with two attached hydrogens (primary N) is 1. The molecule has 0 fully saturated rings. The number of carbonyl (C=O) groups is 1. The quantitative estimate of drug-likeness (QED) is 0.642. The van der Waals surface area contributed by atoms with Gasteiger partial charge in [0.25, 0.3) is 0 Å². The standard InChI is InChI=1S/C10H17NO/c1-4-5-6-10(12)9(11)7-8(2)3/h8-9H,6-7,11H2,1-3H3. The van der Waals surface area contributed by atoms with E-state index in [1.807, 2.05) is 0 Å².